The Morgan fingerprint density at radius 3 is 2.53 bits per heavy atom. The van der Waals surface area contributed by atoms with Crippen molar-refractivity contribution in [2.24, 2.45) is 11.3 Å². The molecule has 0 saturated carbocycles. The van der Waals surface area contributed by atoms with Crippen LogP contribution in [0.2, 0.25) is 0 Å². The SMILES string of the molecule is Cc1ccccc1-c1ncc2c(n1)N(C)C1N2c2ccccc2C(C)C2C=CC21C. The van der Waals surface area contributed by atoms with Crippen LogP contribution in [0.25, 0.3) is 11.4 Å². The highest BCUT2D eigenvalue weighted by atomic mass is 15.5. The van der Waals surface area contributed by atoms with Crippen LogP contribution in [0.15, 0.2) is 66.9 Å². The summed E-state index contributed by atoms with van der Waals surface area (Å²) in [5, 5.41) is 0. The molecular formula is C26H26N4. The van der Waals surface area contributed by atoms with Gasteiger partial charge in [-0.2, -0.15) is 0 Å². The van der Waals surface area contributed by atoms with Crippen LogP contribution >= 0.6 is 0 Å². The summed E-state index contributed by atoms with van der Waals surface area (Å²) in [6, 6.07) is 17.2. The van der Waals surface area contributed by atoms with Gasteiger partial charge in [0, 0.05) is 23.7 Å². The van der Waals surface area contributed by atoms with Gasteiger partial charge < -0.3 is 9.80 Å². The number of allylic oxidation sites excluding steroid dienone is 1. The van der Waals surface area contributed by atoms with E-state index in [0.717, 1.165) is 22.9 Å². The lowest BCUT2D eigenvalue weighted by Gasteiger charge is -2.49. The fourth-order valence-electron chi connectivity index (χ4n) is 5.89. The molecule has 30 heavy (non-hydrogen) atoms. The highest BCUT2D eigenvalue weighted by molar-refractivity contribution is 5.84. The predicted octanol–water partition coefficient (Wildman–Crippen LogP) is 5.68. The Morgan fingerprint density at radius 1 is 1.00 bits per heavy atom. The Kier molecular flexibility index (Phi) is 3.51. The number of aryl methyl sites for hydroxylation is 1. The predicted molar refractivity (Wildman–Crippen MR) is 122 cm³/mol. The van der Waals surface area contributed by atoms with Gasteiger partial charge in [-0.3, -0.25) is 0 Å². The van der Waals surface area contributed by atoms with Gasteiger partial charge in [-0.25, -0.2) is 9.97 Å². The molecule has 0 bridgehead atoms. The number of hydrogen-bond donors (Lipinski definition) is 0. The molecule has 4 nitrogen and oxygen atoms in total. The summed E-state index contributed by atoms with van der Waals surface area (Å²) in [6.07, 6.45) is 7.01. The topological polar surface area (TPSA) is 32.3 Å². The molecule has 0 amide bonds. The van der Waals surface area contributed by atoms with E-state index in [9.17, 15) is 0 Å². The Bertz CT molecular complexity index is 1200. The molecule has 2 aliphatic heterocycles. The van der Waals surface area contributed by atoms with Gasteiger partial charge in [0.15, 0.2) is 11.6 Å². The number of aromatic nitrogens is 2. The average Bonchev–Trinajstić information content (AvgIpc) is 3.02. The normalized spacial score (nSPS) is 28.2. The van der Waals surface area contributed by atoms with E-state index >= 15 is 0 Å². The fourth-order valence-corrected chi connectivity index (χ4v) is 5.89. The lowest BCUT2D eigenvalue weighted by atomic mass is 9.61. The lowest BCUT2D eigenvalue weighted by Crippen LogP contribution is -2.55. The molecule has 0 fully saturated rings. The zero-order valence-corrected chi connectivity index (χ0v) is 17.9. The van der Waals surface area contributed by atoms with Gasteiger partial charge in [-0.15, -0.1) is 0 Å². The molecular weight excluding hydrogens is 368 g/mol. The van der Waals surface area contributed by atoms with E-state index in [4.69, 9.17) is 9.97 Å². The summed E-state index contributed by atoms with van der Waals surface area (Å²) in [7, 11) is 2.19. The molecule has 4 unspecified atom stereocenters. The largest absolute Gasteiger partial charge is 0.336 e. The molecule has 3 aliphatic rings. The van der Waals surface area contributed by atoms with Gasteiger partial charge in [0.05, 0.1) is 6.20 Å². The minimum Gasteiger partial charge on any atom is -0.336 e. The van der Waals surface area contributed by atoms with Crippen molar-refractivity contribution in [2.75, 3.05) is 16.8 Å². The maximum Gasteiger partial charge on any atom is 0.161 e. The fraction of sp³-hybridized carbons (Fsp3) is 0.308. The zero-order valence-electron chi connectivity index (χ0n) is 17.9. The van der Waals surface area contributed by atoms with E-state index in [1.54, 1.807) is 0 Å². The first kappa shape index (κ1) is 17.7. The molecule has 1 aliphatic carbocycles. The first-order valence-electron chi connectivity index (χ1n) is 10.7. The summed E-state index contributed by atoms with van der Waals surface area (Å²) in [5.74, 6) is 2.79. The van der Waals surface area contributed by atoms with Gasteiger partial charge >= 0.3 is 0 Å². The van der Waals surface area contributed by atoms with Crippen molar-refractivity contribution in [3.05, 3.63) is 78.0 Å². The number of anilines is 3. The third kappa shape index (κ3) is 2.11. The van der Waals surface area contributed by atoms with Crippen LogP contribution in [0, 0.1) is 18.3 Å². The van der Waals surface area contributed by atoms with Crippen LogP contribution < -0.4 is 9.80 Å². The van der Waals surface area contributed by atoms with E-state index in [2.05, 4.69) is 98.3 Å². The zero-order chi connectivity index (χ0) is 20.6. The van der Waals surface area contributed by atoms with Crippen molar-refractivity contribution in [3.8, 4) is 11.4 Å². The quantitative estimate of drug-likeness (QED) is 0.497. The second-order valence-corrected chi connectivity index (χ2v) is 9.17. The molecule has 1 aromatic heterocycles. The van der Waals surface area contributed by atoms with Crippen LogP contribution in [0.5, 0.6) is 0 Å². The summed E-state index contributed by atoms with van der Waals surface area (Å²) in [5.41, 5.74) is 6.13. The number of para-hydroxylation sites is 1. The van der Waals surface area contributed by atoms with Crippen molar-refractivity contribution in [3.63, 3.8) is 0 Å². The van der Waals surface area contributed by atoms with Crippen LogP contribution in [0.3, 0.4) is 0 Å². The Morgan fingerprint density at radius 2 is 1.77 bits per heavy atom. The molecule has 0 radical (unpaired) electrons. The molecule has 0 spiro atoms. The van der Waals surface area contributed by atoms with Gasteiger partial charge in [0.2, 0.25) is 0 Å². The van der Waals surface area contributed by atoms with Crippen LogP contribution in [0.4, 0.5) is 17.2 Å². The molecule has 0 N–H and O–H groups in total. The second kappa shape index (κ2) is 5.94. The average molecular weight is 395 g/mol. The highest BCUT2D eigenvalue weighted by Gasteiger charge is 2.56. The third-order valence-corrected chi connectivity index (χ3v) is 7.50. The standard InChI is InChI=1S/C26H26N4/c1-16-9-5-6-10-18(16)23-27-15-22-24(28-23)29(4)25-26(3)14-13-20(26)17(2)19-11-7-8-12-21(19)30(22)25/h5-15,17,20,25H,1-4H3. The van der Waals surface area contributed by atoms with Crippen LogP contribution in [0.1, 0.15) is 30.9 Å². The highest BCUT2D eigenvalue weighted by Crippen LogP contribution is 2.60. The van der Waals surface area contributed by atoms with Crippen molar-refractivity contribution < 1.29 is 0 Å². The molecule has 4 heteroatoms. The number of benzene rings is 2. The maximum atomic E-state index is 5.08. The number of rotatable bonds is 1. The molecule has 3 heterocycles. The Labute approximate surface area is 177 Å². The van der Waals surface area contributed by atoms with E-state index in [1.165, 1.54) is 16.8 Å². The Hall–Kier alpha value is -3.14. The van der Waals surface area contributed by atoms with Gasteiger partial charge in [-0.1, -0.05) is 68.5 Å². The minimum atomic E-state index is 0.0523. The molecule has 6 rings (SSSR count). The first-order valence-corrected chi connectivity index (χ1v) is 10.7. The first-order chi connectivity index (χ1) is 14.5. The molecule has 150 valence electrons. The third-order valence-electron chi connectivity index (χ3n) is 7.50. The summed E-state index contributed by atoms with van der Waals surface area (Å²) < 4.78 is 0. The van der Waals surface area contributed by atoms with Crippen LogP contribution in [-0.4, -0.2) is 23.2 Å². The molecule has 2 aromatic carbocycles. The summed E-state index contributed by atoms with van der Waals surface area (Å²) in [6.45, 7) is 6.88. The number of nitrogens with zero attached hydrogens (tertiary/aromatic N) is 4. The van der Waals surface area contributed by atoms with Gasteiger partial charge in [-0.05, 0) is 36.0 Å². The Balaban J connectivity index is 1.57. The number of hydrogen-bond acceptors (Lipinski definition) is 4. The summed E-state index contributed by atoms with van der Waals surface area (Å²) >= 11 is 0. The molecule has 3 aromatic rings. The van der Waals surface area contributed by atoms with Crippen molar-refractivity contribution in [2.45, 2.75) is 32.9 Å². The second-order valence-electron chi connectivity index (χ2n) is 9.17. The van der Waals surface area contributed by atoms with Gasteiger partial charge in [0.1, 0.15) is 11.9 Å². The minimum absolute atomic E-state index is 0.0523. The number of fused-ring (bicyclic) bond motifs is 7. The van der Waals surface area contributed by atoms with Crippen LogP contribution in [-0.2, 0) is 0 Å². The van der Waals surface area contributed by atoms with E-state index in [-0.39, 0.29) is 11.6 Å². The smallest absolute Gasteiger partial charge is 0.161 e. The van der Waals surface area contributed by atoms with Crippen molar-refractivity contribution in [1.82, 2.24) is 9.97 Å². The van der Waals surface area contributed by atoms with Gasteiger partial charge in [0.25, 0.3) is 0 Å². The van der Waals surface area contributed by atoms with E-state index in [0.29, 0.717) is 11.8 Å². The lowest BCUT2D eigenvalue weighted by molar-refractivity contribution is 0.195. The van der Waals surface area contributed by atoms with E-state index in [1.807, 2.05) is 6.20 Å². The van der Waals surface area contributed by atoms with Crippen molar-refractivity contribution >= 4 is 17.2 Å². The monoisotopic (exact) mass is 394 g/mol. The van der Waals surface area contributed by atoms with E-state index < -0.39 is 0 Å². The molecule has 4 atom stereocenters. The van der Waals surface area contributed by atoms with Crippen molar-refractivity contribution in [1.29, 1.82) is 0 Å². The summed E-state index contributed by atoms with van der Waals surface area (Å²) in [4.78, 5) is 14.7. The maximum absolute atomic E-state index is 5.08. The molecule has 0 saturated heterocycles.